The number of halogens is 1. The zero-order valence-corrected chi connectivity index (χ0v) is 16.9. The van der Waals surface area contributed by atoms with E-state index in [9.17, 15) is 14.4 Å². The van der Waals surface area contributed by atoms with Crippen molar-refractivity contribution in [3.63, 3.8) is 0 Å². The van der Waals surface area contributed by atoms with E-state index in [2.05, 4.69) is 26.6 Å². The third-order valence-corrected chi connectivity index (χ3v) is 4.36. The number of carbonyl (C=O) groups excluding carboxylic acids is 3. The second-order valence-electron chi connectivity index (χ2n) is 6.13. The highest BCUT2D eigenvalue weighted by Crippen LogP contribution is 2.17. The fourth-order valence-corrected chi connectivity index (χ4v) is 2.52. The molecule has 2 amide bonds. The molecule has 6 nitrogen and oxygen atoms in total. The minimum Gasteiger partial charge on any atom is -0.451 e. The Morgan fingerprint density at radius 1 is 1.07 bits per heavy atom. The Morgan fingerprint density at radius 2 is 1.74 bits per heavy atom. The highest BCUT2D eigenvalue weighted by molar-refractivity contribution is 9.10. The van der Waals surface area contributed by atoms with E-state index in [0.29, 0.717) is 11.3 Å². The van der Waals surface area contributed by atoms with Gasteiger partial charge in [0.2, 0.25) is 0 Å². The summed E-state index contributed by atoms with van der Waals surface area (Å²) in [6.07, 6.45) is -0.984. The lowest BCUT2D eigenvalue weighted by Crippen LogP contribution is -2.35. The molecule has 2 N–H and O–H groups in total. The molecule has 7 heteroatoms. The Hall–Kier alpha value is -2.67. The van der Waals surface area contributed by atoms with Gasteiger partial charge in [-0.05, 0) is 62.2 Å². The van der Waals surface area contributed by atoms with Gasteiger partial charge in [-0.1, -0.05) is 28.1 Å². The van der Waals surface area contributed by atoms with E-state index in [1.165, 1.54) is 6.92 Å². The van der Waals surface area contributed by atoms with Gasteiger partial charge >= 0.3 is 5.97 Å². The van der Waals surface area contributed by atoms with E-state index in [1.807, 2.05) is 32.0 Å². The first-order valence-corrected chi connectivity index (χ1v) is 9.17. The molecule has 142 valence electrons. The van der Waals surface area contributed by atoms with Crippen LogP contribution >= 0.6 is 15.9 Å². The third-order valence-electron chi connectivity index (χ3n) is 3.83. The third kappa shape index (κ3) is 6.21. The number of ether oxygens (including phenoxy) is 1. The van der Waals surface area contributed by atoms with E-state index in [-0.39, 0.29) is 6.54 Å². The predicted octanol–water partition coefficient (Wildman–Crippen LogP) is 3.37. The minimum absolute atomic E-state index is 0.323. The molecular weight excluding hydrogens is 412 g/mol. The average Bonchev–Trinajstić information content (AvgIpc) is 2.63. The second kappa shape index (κ2) is 9.32. The van der Waals surface area contributed by atoms with Crippen LogP contribution < -0.4 is 10.6 Å². The van der Waals surface area contributed by atoms with Crippen molar-refractivity contribution in [1.82, 2.24) is 5.32 Å². The zero-order chi connectivity index (χ0) is 20.0. The van der Waals surface area contributed by atoms with Crippen LogP contribution in [-0.2, 0) is 14.3 Å². The summed E-state index contributed by atoms with van der Waals surface area (Å²) in [7, 11) is 0. The fraction of sp³-hybridized carbons (Fsp3) is 0.250. The summed E-state index contributed by atoms with van der Waals surface area (Å²) in [5.41, 5.74) is 3.02. The normalized spacial score (nSPS) is 11.4. The number of esters is 1. The van der Waals surface area contributed by atoms with Gasteiger partial charge in [-0.15, -0.1) is 0 Å². The predicted molar refractivity (Wildman–Crippen MR) is 107 cm³/mol. The highest BCUT2D eigenvalue weighted by atomic mass is 79.9. The molecule has 0 spiro atoms. The van der Waals surface area contributed by atoms with Crippen molar-refractivity contribution in [3.05, 3.63) is 63.6 Å². The van der Waals surface area contributed by atoms with E-state index >= 15 is 0 Å². The number of carbonyl (C=O) groups is 3. The van der Waals surface area contributed by atoms with Gasteiger partial charge in [0.05, 0.1) is 0 Å². The number of anilines is 1. The molecule has 1 unspecified atom stereocenters. The second-order valence-corrected chi connectivity index (χ2v) is 7.04. The van der Waals surface area contributed by atoms with Gasteiger partial charge in [0.1, 0.15) is 6.54 Å². The molecule has 1 atom stereocenters. The van der Waals surface area contributed by atoms with Gasteiger partial charge in [0, 0.05) is 15.7 Å². The van der Waals surface area contributed by atoms with Crippen LogP contribution in [-0.4, -0.2) is 30.4 Å². The Bertz CT molecular complexity index is 850. The van der Waals surface area contributed by atoms with Crippen LogP contribution in [0.5, 0.6) is 0 Å². The van der Waals surface area contributed by atoms with Crippen molar-refractivity contribution in [1.29, 1.82) is 0 Å². The number of rotatable bonds is 6. The van der Waals surface area contributed by atoms with Gasteiger partial charge in [-0.2, -0.15) is 0 Å². The first-order valence-electron chi connectivity index (χ1n) is 8.37. The maximum absolute atomic E-state index is 12.2. The topological polar surface area (TPSA) is 84.5 Å². The van der Waals surface area contributed by atoms with Crippen LogP contribution in [0.25, 0.3) is 0 Å². The van der Waals surface area contributed by atoms with Crippen molar-refractivity contribution in [2.45, 2.75) is 26.9 Å². The van der Waals surface area contributed by atoms with E-state index < -0.39 is 23.9 Å². The minimum atomic E-state index is -0.984. The van der Waals surface area contributed by atoms with Crippen molar-refractivity contribution < 1.29 is 19.1 Å². The standard InChI is InChI=1S/C20H21BrN2O4/c1-12-4-5-13(2)17(10-12)23-19(25)14(3)27-18(24)11-22-20(26)15-6-8-16(21)9-7-15/h4-10,14H,11H2,1-3H3,(H,22,26)(H,23,25). The van der Waals surface area contributed by atoms with Crippen molar-refractivity contribution in [2.75, 3.05) is 11.9 Å². The maximum atomic E-state index is 12.2. The van der Waals surface area contributed by atoms with Gasteiger partial charge in [0.25, 0.3) is 11.8 Å². The fourth-order valence-electron chi connectivity index (χ4n) is 2.25. The summed E-state index contributed by atoms with van der Waals surface area (Å²) in [6.45, 7) is 4.96. The van der Waals surface area contributed by atoms with Gasteiger partial charge < -0.3 is 15.4 Å². The highest BCUT2D eigenvalue weighted by Gasteiger charge is 2.19. The van der Waals surface area contributed by atoms with E-state index in [0.717, 1.165) is 15.6 Å². The molecular formula is C20H21BrN2O4. The molecule has 0 aliphatic heterocycles. The Morgan fingerprint density at radius 3 is 2.41 bits per heavy atom. The summed E-state index contributed by atoms with van der Waals surface area (Å²) < 4.78 is 5.94. The Kier molecular flexibility index (Phi) is 7.12. The SMILES string of the molecule is Cc1ccc(C)c(NC(=O)C(C)OC(=O)CNC(=O)c2ccc(Br)cc2)c1. The number of aryl methyl sites for hydroxylation is 2. The Labute approximate surface area is 166 Å². The van der Waals surface area contributed by atoms with E-state index in [1.54, 1.807) is 24.3 Å². The smallest absolute Gasteiger partial charge is 0.326 e. The molecule has 0 aliphatic carbocycles. The van der Waals surface area contributed by atoms with E-state index in [4.69, 9.17) is 4.74 Å². The molecule has 2 aromatic carbocycles. The molecule has 0 aliphatic rings. The quantitative estimate of drug-likeness (QED) is 0.685. The van der Waals surface area contributed by atoms with Gasteiger partial charge in [-0.25, -0.2) is 0 Å². The molecule has 0 aromatic heterocycles. The summed E-state index contributed by atoms with van der Waals surface area (Å²) >= 11 is 3.29. The first-order chi connectivity index (χ1) is 12.8. The van der Waals surface area contributed by atoms with Crippen molar-refractivity contribution in [3.8, 4) is 0 Å². The van der Waals surface area contributed by atoms with Crippen molar-refractivity contribution in [2.24, 2.45) is 0 Å². The van der Waals surface area contributed by atoms with Crippen LogP contribution in [0, 0.1) is 13.8 Å². The molecule has 2 rings (SSSR count). The van der Waals surface area contributed by atoms with Gasteiger partial charge in [-0.3, -0.25) is 14.4 Å². The average molecular weight is 433 g/mol. The first kappa shape index (κ1) is 20.6. The molecule has 0 saturated carbocycles. The van der Waals surface area contributed by atoms with Crippen LogP contribution in [0.15, 0.2) is 46.9 Å². The van der Waals surface area contributed by atoms with Crippen LogP contribution in [0.4, 0.5) is 5.69 Å². The lowest BCUT2D eigenvalue weighted by molar-refractivity contribution is -0.152. The monoisotopic (exact) mass is 432 g/mol. The number of amides is 2. The largest absolute Gasteiger partial charge is 0.451 e. The number of hydrogen-bond donors (Lipinski definition) is 2. The molecule has 0 radical (unpaired) electrons. The summed E-state index contributed by atoms with van der Waals surface area (Å²) in [5, 5.41) is 5.21. The molecule has 0 heterocycles. The summed E-state index contributed by atoms with van der Waals surface area (Å²) in [6, 6.07) is 12.4. The molecule has 0 saturated heterocycles. The summed E-state index contributed by atoms with van der Waals surface area (Å²) in [4.78, 5) is 36.1. The Balaban J connectivity index is 1.83. The zero-order valence-electron chi connectivity index (χ0n) is 15.3. The van der Waals surface area contributed by atoms with Gasteiger partial charge in [0.15, 0.2) is 6.10 Å². The number of benzene rings is 2. The molecule has 0 fully saturated rings. The maximum Gasteiger partial charge on any atom is 0.326 e. The lowest BCUT2D eigenvalue weighted by atomic mass is 10.1. The lowest BCUT2D eigenvalue weighted by Gasteiger charge is -2.15. The number of nitrogens with one attached hydrogen (secondary N) is 2. The van der Waals surface area contributed by atoms with Crippen LogP contribution in [0.3, 0.4) is 0 Å². The summed E-state index contributed by atoms with van der Waals surface area (Å²) in [5.74, 6) is -1.52. The molecule has 2 aromatic rings. The number of hydrogen-bond acceptors (Lipinski definition) is 4. The van der Waals surface area contributed by atoms with Crippen LogP contribution in [0.1, 0.15) is 28.4 Å². The molecule has 27 heavy (non-hydrogen) atoms. The van der Waals surface area contributed by atoms with Crippen molar-refractivity contribution >= 4 is 39.4 Å². The van der Waals surface area contributed by atoms with Crippen LogP contribution in [0.2, 0.25) is 0 Å². The molecule has 0 bridgehead atoms.